The summed E-state index contributed by atoms with van der Waals surface area (Å²) in [5.41, 5.74) is 1.58. The molecule has 1 fully saturated rings. The Morgan fingerprint density at radius 2 is 1.90 bits per heavy atom. The minimum absolute atomic E-state index is 0.159. The Balaban J connectivity index is 1.53. The molecular weight excluding hydrogens is 467 g/mol. The van der Waals surface area contributed by atoms with Crippen molar-refractivity contribution in [2.75, 3.05) is 11.1 Å². The van der Waals surface area contributed by atoms with Crippen LogP contribution in [-0.2, 0) is 4.79 Å². The van der Waals surface area contributed by atoms with E-state index in [-0.39, 0.29) is 17.5 Å². The van der Waals surface area contributed by atoms with Crippen molar-refractivity contribution >= 4 is 39.3 Å². The number of aromatic nitrogens is 3. The summed E-state index contributed by atoms with van der Waals surface area (Å²) in [7, 11) is 0. The minimum Gasteiger partial charge on any atom is -0.325 e. The lowest BCUT2D eigenvalue weighted by Crippen LogP contribution is -2.17. The van der Waals surface area contributed by atoms with E-state index in [2.05, 4.69) is 36.0 Å². The molecule has 8 heteroatoms. The lowest BCUT2D eigenvalue weighted by Gasteiger charge is -2.25. The predicted molar refractivity (Wildman–Crippen MR) is 121 cm³/mol. The lowest BCUT2D eigenvalue weighted by molar-refractivity contribution is -0.113. The van der Waals surface area contributed by atoms with Crippen LogP contribution < -0.4 is 5.32 Å². The summed E-state index contributed by atoms with van der Waals surface area (Å²) in [6.45, 7) is 0. The zero-order valence-corrected chi connectivity index (χ0v) is 18.8. The second-order valence-electron chi connectivity index (χ2n) is 7.32. The lowest BCUT2D eigenvalue weighted by atomic mass is 9.95. The zero-order chi connectivity index (χ0) is 20.9. The average Bonchev–Trinajstić information content (AvgIpc) is 3.19. The zero-order valence-electron chi connectivity index (χ0n) is 16.4. The molecular formula is C22H22BrFN4OS. The van der Waals surface area contributed by atoms with Crippen LogP contribution in [0.3, 0.4) is 0 Å². The molecule has 1 saturated carbocycles. The fraction of sp³-hybridized carbons (Fsp3) is 0.318. The maximum absolute atomic E-state index is 13.0. The van der Waals surface area contributed by atoms with Crippen molar-refractivity contribution in [1.29, 1.82) is 0 Å². The van der Waals surface area contributed by atoms with E-state index in [0.717, 1.165) is 33.9 Å². The van der Waals surface area contributed by atoms with Crippen LogP contribution in [-0.4, -0.2) is 26.4 Å². The highest BCUT2D eigenvalue weighted by Gasteiger charge is 2.24. The van der Waals surface area contributed by atoms with Gasteiger partial charge in [-0.2, -0.15) is 0 Å². The molecule has 1 amide bonds. The number of halogens is 2. The van der Waals surface area contributed by atoms with Gasteiger partial charge in [0.25, 0.3) is 0 Å². The number of anilines is 1. The van der Waals surface area contributed by atoms with Gasteiger partial charge in [-0.15, -0.1) is 10.2 Å². The first-order valence-corrected chi connectivity index (χ1v) is 11.8. The van der Waals surface area contributed by atoms with Crippen molar-refractivity contribution in [3.63, 3.8) is 0 Å². The summed E-state index contributed by atoms with van der Waals surface area (Å²) in [4.78, 5) is 12.4. The van der Waals surface area contributed by atoms with Crippen LogP contribution in [0.2, 0.25) is 0 Å². The van der Waals surface area contributed by atoms with Gasteiger partial charge >= 0.3 is 0 Å². The maximum Gasteiger partial charge on any atom is 0.234 e. The molecule has 0 atom stereocenters. The van der Waals surface area contributed by atoms with Gasteiger partial charge in [0.15, 0.2) is 11.0 Å². The largest absolute Gasteiger partial charge is 0.325 e. The van der Waals surface area contributed by atoms with Gasteiger partial charge < -0.3 is 5.32 Å². The van der Waals surface area contributed by atoms with Crippen LogP contribution >= 0.6 is 27.7 Å². The molecule has 0 spiro atoms. The van der Waals surface area contributed by atoms with E-state index < -0.39 is 0 Å². The van der Waals surface area contributed by atoms with Crippen LogP contribution in [0.4, 0.5) is 10.1 Å². The fourth-order valence-electron chi connectivity index (χ4n) is 3.73. The second-order valence-corrected chi connectivity index (χ2v) is 9.18. The van der Waals surface area contributed by atoms with Crippen molar-refractivity contribution in [3.8, 4) is 11.4 Å². The first-order valence-electron chi connectivity index (χ1n) is 9.99. The molecule has 0 saturated heterocycles. The average molecular weight is 489 g/mol. The van der Waals surface area contributed by atoms with Crippen LogP contribution in [0, 0.1) is 5.82 Å². The first-order chi connectivity index (χ1) is 14.6. The van der Waals surface area contributed by atoms with E-state index in [1.54, 1.807) is 12.1 Å². The highest BCUT2D eigenvalue weighted by atomic mass is 79.9. The van der Waals surface area contributed by atoms with Gasteiger partial charge in [0, 0.05) is 21.8 Å². The molecule has 3 aromatic rings. The number of carbonyl (C=O) groups excluding carboxylic acids is 1. The van der Waals surface area contributed by atoms with Crippen LogP contribution in [0.5, 0.6) is 0 Å². The molecule has 30 heavy (non-hydrogen) atoms. The summed E-state index contributed by atoms with van der Waals surface area (Å²) >= 11 is 4.92. The Kier molecular flexibility index (Phi) is 6.84. The molecule has 2 aromatic carbocycles. The Labute approximate surface area is 187 Å². The SMILES string of the molecule is O=C(CSc1nnc(-c2cccc(Br)c2)n1C1CCCCC1)Nc1ccc(F)cc1. The predicted octanol–water partition coefficient (Wildman–Crippen LogP) is 6.08. The monoisotopic (exact) mass is 488 g/mol. The smallest absolute Gasteiger partial charge is 0.234 e. The van der Waals surface area contributed by atoms with E-state index in [4.69, 9.17) is 0 Å². The second kappa shape index (κ2) is 9.75. The van der Waals surface area contributed by atoms with Gasteiger partial charge in [-0.1, -0.05) is 59.1 Å². The van der Waals surface area contributed by atoms with Crippen molar-refractivity contribution in [2.24, 2.45) is 0 Å². The molecule has 0 bridgehead atoms. The third-order valence-corrected chi connectivity index (χ3v) is 6.58. The number of rotatable bonds is 6. The summed E-state index contributed by atoms with van der Waals surface area (Å²) in [6.07, 6.45) is 5.82. The molecule has 1 aromatic heterocycles. The molecule has 1 N–H and O–H groups in total. The number of thioether (sulfide) groups is 1. The van der Waals surface area contributed by atoms with Crippen LogP contribution in [0.15, 0.2) is 58.2 Å². The van der Waals surface area contributed by atoms with E-state index in [0.29, 0.717) is 11.7 Å². The van der Waals surface area contributed by atoms with Crippen molar-refractivity contribution < 1.29 is 9.18 Å². The molecule has 0 unspecified atom stereocenters. The van der Waals surface area contributed by atoms with E-state index in [1.807, 2.05) is 24.3 Å². The number of nitrogens with one attached hydrogen (secondary N) is 1. The topological polar surface area (TPSA) is 59.8 Å². The molecule has 0 aliphatic heterocycles. The molecule has 156 valence electrons. The van der Waals surface area contributed by atoms with E-state index >= 15 is 0 Å². The van der Waals surface area contributed by atoms with Crippen LogP contribution in [0.25, 0.3) is 11.4 Å². The summed E-state index contributed by atoms with van der Waals surface area (Å²) in [5.74, 6) is 0.558. The highest BCUT2D eigenvalue weighted by molar-refractivity contribution is 9.10. The standard InChI is InChI=1S/C22H22BrFN4OS/c23-16-6-4-5-15(13-16)21-26-27-22(28(21)19-7-2-1-3-8-19)30-14-20(29)25-18-11-9-17(24)10-12-18/h4-6,9-13,19H,1-3,7-8,14H2,(H,25,29). The molecule has 1 heterocycles. The third-order valence-electron chi connectivity index (χ3n) is 5.15. The number of carbonyl (C=O) groups is 1. The fourth-order valence-corrected chi connectivity index (χ4v) is 4.93. The Bertz CT molecular complexity index is 1020. The minimum atomic E-state index is -0.331. The Morgan fingerprint density at radius 3 is 2.63 bits per heavy atom. The molecule has 0 radical (unpaired) electrons. The van der Waals surface area contributed by atoms with Gasteiger partial charge in [0.1, 0.15) is 5.82 Å². The van der Waals surface area contributed by atoms with Crippen molar-refractivity contribution in [3.05, 3.63) is 58.8 Å². The molecule has 1 aliphatic carbocycles. The number of amides is 1. The quantitative estimate of drug-likeness (QED) is 0.426. The summed E-state index contributed by atoms with van der Waals surface area (Å²) < 4.78 is 16.2. The normalized spacial score (nSPS) is 14.6. The maximum atomic E-state index is 13.0. The molecule has 5 nitrogen and oxygen atoms in total. The Morgan fingerprint density at radius 1 is 1.13 bits per heavy atom. The van der Waals surface area contributed by atoms with Crippen molar-refractivity contribution in [1.82, 2.24) is 14.8 Å². The summed E-state index contributed by atoms with van der Waals surface area (Å²) in [5, 5.41) is 12.4. The van der Waals surface area contributed by atoms with Gasteiger partial charge in [-0.05, 0) is 49.2 Å². The van der Waals surface area contributed by atoms with Crippen molar-refractivity contribution in [2.45, 2.75) is 43.3 Å². The third kappa shape index (κ3) is 5.10. The van der Waals surface area contributed by atoms with Gasteiger partial charge in [0.05, 0.1) is 5.75 Å². The van der Waals surface area contributed by atoms with Gasteiger partial charge in [0.2, 0.25) is 5.91 Å². The van der Waals surface area contributed by atoms with Gasteiger partial charge in [-0.25, -0.2) is 4.39 Å². The number of benzene rings is 2. The Hall–Kier alpha value is -2.19. The molecule has 4 rings (SSSR count). The van der Waals surface area contributed by atoms with E-state index in [9.17, 15) is 9.18 Å². The number of hydrogen-bond acceptors (Lipinski definition) is 4. The highest BCUT2D eigenvalue weighted by Crippen LogP contribution is 2.36. The molecule has 1 aliphatic rings. The number of nitrogens with zero attached hydrogens (tertiary/aromatic N) is 3. The first kappa shape index (κ1) is 21.1. The van der Waals surface area contributed by atoms with Crippen LogP contribution in [0.1, 0.15) is 38.1 Å². The summed E-state index contributed by atoms with van der Waals surface area (Å²) in [6, 6.07) is 14.1. The van der Waals surface area contributed by atoms with E-state index in [1.165, 1.54) is 43.2 Å². The van der Waals surface area contributed by atoms with Gasteiger partial charge in [-0.3, -0.25) is 9.36 Å². The number of hydrogen-bond donors (Lipinski definition) is 1.